The van der Waals surface area contributed by atoms with Crippen molar-refractivity contribution in [2.45, 2.75) is 69.7 Å². The summed E-state index contributed by atoms with van der Waals surface area (Å²) in [6, 6.07) is 17.8. The van der Waals surface area contributed by atoms with Crippen molar-refractivity contribution in [1.29, 1.82) is 0 Å². The van der Waals surface area contributed by atoms with Gasteiger partial charge in [-0.15, -0.1) is 0 Å². The van der Waals surface area contributed by atoms with Crippen molar-refractivity contribution in [2.75, 3.05) is 38.1 Å². The number of aliphatic hydroxyl groups is 1. The normalized spacial score (nSPS) is 20.6. The van der Waals surface area contributed by atoms with Gasteiger partial charge < -0.3 is 19.5 Å². The number of halogens is 2. The van der Waals surface area contributed by atoms with E-state index < -0.39 is 16.1 Å². The van der Waals surface area contributed by atoms with E-state index in [4.69, 9.17) is 32.7 Å². The molecule has 3 aromatic rings. The zero-order chi connectivity index (χ0) is 34.1. The van der Waals surface area contributed by atoms with Gasteiger partial charge in [0.25, 0.3) is 15.9 Å². The number of sulfonamides is 1. The van der Waals surface area contributed by atoms with Crippen molar-refractivity contribution in [1.82, 2.24) is 9.80 Å². The Kier molecular flexibility index (Phi) is 13.4. The second-order valence-corrected chi connectivity index (χ2v) is 14.9. The Labute approximate surface area is 288 Å². The Morgan fingerprint density at radius 2 is 1.79 bits per heavy atom. The number of ether oxygens (including phenoxy) is 2. The zero-order valence-electron chi connectivity index (χ0n) is 27.4. The number of fused-ring (bicyclic) bond motifs is 1. The van der Waals surface area contributed by atoms with Gasteiger partial charge in [0.05, 0.1) is 45.4 Å². The number of hydrogen-bond donors (Lipinski definition) is 2. The fraction of sp³-hybridized carbons (Fsp3) is 0.457. The monoisotopic (exact) mass is 705 g/mol. The number of benzene rings is 3. The predicted molar refractivity (Wildman–Crippen MR) is 187 cm³/mol. The van der Waals surface area contributed by atoms with Crippen molar-refractivity contribution >= 4 is 44.8 Å². The number of nitrogens with zero attached hydrogens (tertiary/aromatic N) is 2. The maximum Gasteiger partial charge on any atom is 0.261 e. The molecule has 12 heteroatoms. The van der Waals surface area contributed by atoms with Gasteiger partial charge in [-0.1, -0.05) is 54.4 Å². The number of nitrogens with one attached hydrogen (secondary N) is 1. The first-order chi connectivity index (χ1) is 22.4. The molecule has 1 aliphatic heterocycles. The second kappa shape index (κ2) is 17.0. The van der Waals surface area contributed by atoms with Crippen molar-refractivity contribution in [3.05, 3.63) is 87.9 Å². The van der Waals surface area contributed by atoms with Gasteiger partial charge in [0, 0.05) is 37.8 Å². The van der Waals surface area contributed by atoms with Crippen LogP contribution in [-0.2, 0) is 21.3 Å². The van der Waals surface area contributed by atoms with Gasteiger partial charge in [0.15, 0.2) is 0 Å². The first-order valence-electron chi connectivity index (χ1n) is 15.9. The third kappa shape index (κ3) is 10.3. The predicted octanol–water partition coefficient (Wildman–Crippen LogP) is 6.72. The molecule has 9 nitrogen and oxygen atoms in total. The Morgan fingerprint density at radius 1 is 1.04 bits per heavy atom. The molecule has 0 saturated heterocycles. The molecule has 4 rings (SSSR count). The second-order valence-electron chi connectivity index (χ2n) is 12.4. The van der Waals surface area contributed by atoms with Gasteiger partial charge in [-0.05, 0) is 88.2 Å². The van der Waals surface area contributed by atoms with Crippen LogP contribution in [0.1, 0.15) is 56.0 Å². The first-order valence-corrected chi connectivity index (χ1v) is 18.2. The summed E-state index contributed by atoms with van der Waals surface area (Å²) in [7, 11) is -1.89. The average molecular weight is 707 g/mol. The molecule has 4 atom stereocenters. The Balaban J connectivity index is 1.63. The maximum atomic E-state index is 14.4. The van der Waals surface area contributed by atoms with Crippen LogP contribution in [0, 0.1) is 5.92 Å². The highest BCUT2D eigenvalue weighted by atomic mass is 35.5. The summed E-state index contributed by atoms with van der Waals surface area (Å²) in [4.78, 5) is 18.2. The topological polar surface area (TPSA) is 108 Å². The van der Waals surface area contributed by atoms with Crippen LogP contribution >= 0.6 is 23.2 Å². The van der Waals surface area contributed by atoms with E-state index in [1.165, 1.54) is 18.2 Å². The smallest absolute Gasteiger partial charge is 0.261 e. The van der Waals surface area contributed by atoms with Gasteiger partial charge in [-0.25, -0.2) is 8.42 Å². The summed E-state index contributed by atoms with van der Waals surface area (Å²) in [6.45, 7) is 7.59. The highest BCUT2D eigenvalue weighted by Gasteiger charge is 2.30. The van der Waals surface area contributed by atoms with Crippen molar-refractivity contribution in [3.8, 4) is 5.75 Å². The quantitative estimate of drug-likeness (QED) is 0.254. The summed E-state index contributed by atoms with van der Waals surface area (Å²) in [6.07, 6.45) is 2.04. The molecule has 0 aromatic heterocycles. The van der Waals surface area contributed by atoms with Crippen LogP contribution in [0.5, 0.6) is 5.75 Å². The van der Waals surface area contributed by atoms with E-state index in [1.807, 2.05) is 33.0 Å². The van der Waals surface area contributed by atoms with E-state index in [-0.39, 0.29) is 46.8 Å². The standard InChI is InChI=1S/C35H45Cl2N3O6S/c1-24-20-40(25(2)23-41)35(42)30-19-28(38-47(43,44)29-11-6-5-7-12-29)14-16-33(30)46-26(3)10-8-9-17-45-34(24)22-39(4)21-27-13-15-31(36)32(37)18-27/h5-7,11-16,18-19,24-26,34,38,41H,8-10,17,20-23H2,1-4H3/t24-,25-,26-,34+/m1/s1. The molecule has 256 valence electrons. The van der Waals surface area contributed by atoms with E-state index in [9.17, 15) is 18.3 Å². The zero-order valence-corrected chi connectivity index (χ0v) is 29.7. The largest absolute Gasteiger partial charge is 0.490 e. The molecular weight excluding hydrogens is 661 g/mol. The number of amides is 1. The molecule has 0 aliphatic carbocycles. The summed E-state index contributed by atoms with van der Waals surface area (Å²) >= 11 is 12.4. The van der Waals surface area contributed by atoms with Crippen molar-refractivity contribution in [2.24, 2.45) is 5.92 Å². The van der Waals surface area contributed by atoms with Gasteiger partial charge in [0.1, 0.15) is 5.75 Å². The van der Waals surface area contributed by atoms with E-state index in [1.54, 1.807) is 48.2 Å². The number of hydrogen-bond acceptors (Lipinski definition) is 7. The molecule has 0 saturated carbocycles. The van der Waals surface area contributed by atoms with Crippen LogP contribution in [0.15, 0.2) is 71.6 Å². The molecule has 3 aromatic carbocycles. The fourth-order valence-corrected chi connectivity index (χ4v) is 6.98. The first kappa shape index (κ1) is 37.0. The minimum absolute atomic E-state index is 0.107. The van der Waals surface area contributed by atoms with E-state index in [0.717, 1.165) is 24.8 Å². The van der Waals surface area contributed by atoms with Crippen LogP contribution in [0.4, 0.5) is 5.69 Å². The van der Waals surface area contributed by atoms with E-state index in [0.29, 0.717) is 42.0 Å². The van der Waals surface area contributed by atoms with E-state index in [2.05, 4.69) is 9.62 Å². The van der Waals surface area contributed by atoms with Crippen LogP contribution in [0.3, 0.4) is 0 Å². The highest BCUT2D eigenvalue weighted by molar-refractivity contribution is 7.92. The summed E-state index contributed by atoms with van der Waals surface area (Å²) in [5.41, 5.74) is 1.46. The Morgan fingerprint density at radius 3 is 2.49 bits per heavy atom. The molecule has 0 unspecified atom stereocenters. The molecule has 1 aliphatic rings. The van der Waals surface area contributed by atoms with Crippen LogP contribution < -0.4 is 9.46 Å². The number of rotatable bonds is 9. The molecule has 0 radical (unpaired) electrons. The van der Waals surface area contributed by atoms with Gasteiger partial charge >= 0.3 is 0 Å². The maximum absolute atomic E-state index is 14.4. The lowest BCUT2D eigenvalue weighted by atomic mass is 10.0. The fourth-order valence-electron chi connectivity index (χ4n) is 5.58. The molecule has 47 heavy (non-hydrogen) atoms. The van der Waals surface area contributed by atoms with Gasteiger partial charge in [0.2, 0.25) is 0 Å². The number of carbonyl (C=O) groups is 1. The number of likely N-dealkylation sites (N-methyl/N-ethyl adjacent to an activating group) is 1. The minimum atomic E-state index is -3.90. The van der Waals surface area contributed by atoms with Gasteiger partial charge in [-0.2, -0.15) is 0 Å². The Bertz CT molecular complexity index is 1590. The van der Waals surface area contributed by atoms with Gasteiger partial charge in [-0.3, -0.25) is 14.4 Å². The third-order valence-electron chi connectivity index (χ3n) is 8.29. The van der Waals surface area contributed by atoms with Crippen LogP contribution in [0.25, 0.3) is 0 Å². The molecule has 0 bridgehead atoms. The lowest BCUT2D eigenvalue weighted by Crippen LogP contribution is -2.47. The summed E-state index contributed by atoms with van der Waals surface area (Å²) < 4.78 is 41.5. The Hall–Kier alpha value is -2.86. The van der Waals surface area contributed by atoms with Crippen LogP contribution in [-0.4, -0.2) is 80.8 Å². The van der Waals surface area contributed by atoms with Crippen LogP contribution in [0.2, 0.25) is 10.0 Å². The summed E-state index contributed by atoms with van der Waals surface area (Å²) in [5.74, 6) is -0.129. The minimum Gasteiger partial charge on any atom is -0.490 e. The lowest BCUT2D eigenvalue weighted by molar-refractivity contribution is -0.0177. The summed E-state index contributed by atoms with van der Waals surface area (Å²) in [5, 5.41) is 11.2. The highest BCUT2D eigenvalue weighted by Crippen LogP contribution is 2.30. The molecule has 0 fully saturated rings. The van der Waals surface area contributed by atoms with E-state index >= 15 is 0 Å². The number of aliphatic hydroxyl groups excluding tert-OH is 1. The number of carbonyl (C=O) groups excluding carboxylic acids is 1. The lowest BCUT2D eigenvalue weighted by Gasteiger charge is -2.36. The number of anilines is 1. The SMILES string of the molecule is C[C@@H]1CCCCO[C@@H](CN(C)Cc2ccc(Cl)c(Cl)c2)[C@H](C)CN([C@H](C)CO)C(=O)c2cc(NS(=O)(=O)c3ccccc3)ccc2O1. The molecule has 0 spiro atoms. The van der Waals surface area contributed by atoms with Crippen molar-refractivity contribution < 1.29 is 27.8 Å². The molecule has 1 amide bonds. The molecule has 1 heterocycles. The molecular formula is C35H45Cl2N3O6S. The third-order valence-corrected chi connectivity index (χ3v) is 10.4. The average Bonchev–Trinajstić information content (AvgIpc) is 3.04. The van der Waals surface area contributed by atoms with Crippen molar-refractivity contribution in [3.63, 3.8) is 0 Å². The molecule has 2 N–H and O–H groups in total.